The van der Waals surface area contributed by atoms with Crippen LogP contribution in [-0.2, 0) is 13.2 Å². The molecule has 0 bridgehead atoms. The second kappa shape index (κ2) is 7.71. The molecule has 23 heavy (non-hydrogen) atoms. The summed E-state index contributed by atoms with van der Waals surface area (Å²) >= 11 is 6.15. The van der Waals surface area contributed by atoms with Gasteiger partial charge in [0.25, 0.3) is 0 Å². The largest absolute Gasteiger partial charge is 0.493 e. The van der Waals surface area contributed by atoms with E-state index in [-0.39, 0.29) is 5.54 Å². The number of methoxy groups -OCH3 is 1. The number of nitrogens with one attached hydrogen (secondary N) is 1. The molecule has 0 aromatic heterocycles. The number of halogens is 1. The molecule has 1 N–H and O–H groups in total. The topological polar surface area (TPSA) is 30.5 Å². The summed E-state index contributed by atoms with van der Waals surface area (Å²) in [4.78, 5) is 0. The van der Waals surface area contributed by atoms with Crippen molar-refractivity contribution in [2.75, 3.05) is 7.11 Å². The van der Waals surface area contributed by atoms with E-state index in [0.29, 0.717) is 17.4 Å². The van der Waals surface area contributed by atoms with Crippen molar-refractivity contribution in [1.82, 2.24) is 5.32 Å². The Labute approximate surface area is 143 Å². The molecule has 0 aliphatic carbocycles. The molecule has 0 saturated heterocycles. The molecule has 0 fully saturated rings. The van der Waals surface area contributed by atoms with Crippen LogP contribution in [0.15, 0.2) is 42.5 Å². The first-order chi connectivity index (χ1) is 10.9. The van der Waals surface area contributed by atoms with Crippen LogP contribution in [0.1, 0.15) is 31.9 Å². The molecule has 2 rings (SSSR count). The van der Waals surface area contributed by atoms with Crippen molar-refractivity contribution in [2.24, 2.45) is 0 Å². The predicted molar refractivity (Wildman–Crippen MR) is 95.4 cm³/mol. The lowest BCUT2D eigenvalue weighted by atomic mass is 10.1. The molecule has 0 unspecified atom stereocenters. The molecule has 0 amide bonds. The highest BCUT2D eigenvalue weighted by molar-refractivity contribution is 6.31. The molecule has 3 nitrogen and oxygen atoms in total. The van der Waals surface area contributed by atoms with Crippen molar-refractivity contribution < 1.29 is 9.47 Å². The van der Waals surface area contributed by atoms with Crippen LogP contribution >= 0.6 is 11.6 Å². The first-order valence-corrected chi connectivity index (χ1v) is 8.05. The summed E-state index contributed by atoms with van der Waals surface area (Å²) in [5, 5.41) is 4.17. The van der Waals surface area contributed by atoms with Crippen LogP contribution in [0.3, 0.4) is 0 Å². The van der Waals surface area contributed by atoms with E-state index in [2.05, 4.69) is 26.1 Å². The molecule has 124 valence electrons. The predicted octanol–water partition coefficient (Wildman–Crippen LogP) is 4.82. The van der Waals surface area contributed by atoms with Gasteiger partial charge in [-0.2, -0.15) is 0 Å². The Balaban J connectivity index is 2.06. The molecular weight excluding hydrogens is 310 g/mol. The van der Waals surface area contributed by atoms with Gasteiger partial charge in [0.15, 0.2) is 11.5 Å². The van der Waals surface area contributed by atoms with Crippen LogP contribution in [-0.4, -0.2) is 12.6 Å². The van der Waals surface area contributed by atoms with Gasteiger partial charge in [0.05, 0.1) is 7.11 Å². The summed E-state index contributed by atoms with van der Waals surface area (Å²) in [6, 6.07) is 13.7. The average molecular weight is 334 g/mol. The lowest BCUT2D eigenvalue weighted by molar-refractivity contribution is 0.284. The van der Waals surface area contributed by atoms with E-state index in [4.69, 9.17) is 21.1 Å². The number of rotatable bonds is 6. The minimum atomic E-state index is 0.0759. The minimum absolute atomic E-state index is 0.0759. The first-order valence-electron chi connectivity index (χ1n) is 7.67. The molecule has 0 saturated carbocycles. The van der Waals surface area contributed by atoms with Crippen molar-refractivity contribution >= 4 is 11.6 Å². The second-order valence-electron chi connectivity index (χ2n) is 6.47. The Bertz CT molecular complexity index is 650. The highest BCUT2D eigenvalue weighted by Crippen LogP contribution is 2.29. The molecule has 0 aliphatic heterocycles. The Morgan fingerprint density at radius 1 is 1.04 bits per heavy atom. The third-order valence-corrected chi connectivity index (χ3v) is 3.76. The summed E-state index contributed by atoms with van der Waals surface area (Å²) in [5.41, 5.74) is 2.18. The van der Waals surface area contributed by atoms with E-state index in [0.717, 1.165) is 23.4 Å². The fourth-order valence-electron chi connectivity index (χ4n) is 2.08. The van der Waals surface area contributed by atoms with Gasteiger partial charge in [-0.3, -0.25) is 0 Å². The number of benzene rings is 2. The maximum absolute atomic E-state index is 6.15. The lowest BCUT2D eigenvalue weighted by Gasteiger charge is -2.21. The van der Waals surface area contributed by atoms with Gasteiger partial charge in [-0.15, -0.1) is 0 Å². The summed E-state index contributed by atoms with van der Waals surface area (Å²) in [7, 11) is 1.65. The van der Waals surface area contributed by atoms with E-state index in [1.54, 1.807) is 7.11 Å². The van der Waals surface area contributed by atoms with Crippen molar-refractivity contribution in [3.63, 3.8) is 0 Å². The Kier molecular flexibility index (Phi) is 5.91. The summed E-state index contributed by atoms with van der Waals surface area (Å²) in [5.74, 6) is 1.44. The zero-order chi connectivity index (χ0) is 16.9. The number of hydrogen-bond donors (Lipinski definition) is 1. The number of hydrogen-bond acceptors (Lipinski definition) is 3. The third-order valence-electron chi connectivity index (χ3n) is 3.39. The standard InChI is InChI=1S/C19H24ClNO2/c1-19(2,3)21-12-14-9-10-17(18(11-14)22-4)23-13-15-7-5-6-8-16(15)20/h5-11,21H,12-13H2,1-4H3. The molecule has 0 spiro atoms. The highest BCUT2D eigenvalue weighted by Gasteiger charge is 2.11. The van der Waals surface area contributed by atoms with Crippen LogP contribution in [0.2, 0.25) is 5.02 Å². The van der Waals surface area contributed by atoms with Crippen LogP contribution in [0, 0.1) is 0 Å². The monoisotopic (exact) mass is 333 g/mol. The smallest absolute Gasteiger partial charge is 0.161 e. The summed E-state index contributed by atoms with van der Waals surface area (Å²) < 4.78 is 11.3. The van der Waals surface area contributed by atoms with Gasteiger partial charge in [0.1, 0.15) is 6.61 Å². The number of ether oxygens (including phenoxy) is 2. The second-order valence-corrected chi connectivity index (χ2v) is 6.88. The van der Waals surface area contributed by atoms with Crippen LogP contribution < -0.4 is 14.8 Å². The van der Waals surface area contributed by atoms with Crippen molar-refractivity contribution in [1.29, 1.82) is 0 Å². The zero-order valence-electron chi connectivity index (χ0n) is 14.2. The van der Waals surface area contributed by atoms with E-state index >= 15 is 0 Å². The maximum Gasteiger partial charge on any atom is 0.161 e. The minimum Gasteiger partial charge on any atom is -0.493 e. The first kappa shape index (κ1) is 17.6. The van der Waals surface area contributed by atoms with Gasteiger partial charge in [-0.1, -0.05) is 35.9 Å². The fourth-order valence-corrected chi connectivity index (χ4v) is 2.27. The lowest BCUT2D eigenvalue weighted by Crippen LogP contribution is -2.35. The molecule has 0 aliphatic rings. The Morgan fingerprint density at radius 2 is 1.78 bits per heavy atom. The van der Waals surface area contributed by atoms with Gasteiger partial charge in [0.2, 0.25) is 0 Å². The normalized spacial score (nSPS) is 11.3. The molecule has 0 atom stereocenters. The van der Waals surface area contributed by atoms with E-state index < -0.39 is 0 Å². The van der Waals surface area contributed by atoms with Gasteiger partial charge < -0.3 is 14.8 Å². The molecule has 2 aromatic carbocycles. The van der Waals surface area contributed by atoms with Crippen LogP contribution in [0.4, 0.5) is 0 Å². The SMILES string of the molecule is COc1cc(CNC(C)(C)C)ccc1OCc1ccccc1Cl. The van der Waals surface area contributed by atoms with E-state index in [9.17, 15) is 0 Å². The van der Waals surface area contributed by atoms with Crippen LogP contribution in [0.25, 0.3) is 0 Å². The maximum atomic E-state index is 6.15. The quantitative estimate of drug-likeness (QED) is 0.822. The Morgan fingerprint density at radius 3 is 2.43 bits per heavy atom. The molecule has 4 heteroatoms. The van der Waals surface area contributed by atoms with Crippen LogP contribution in [0.5, 0.6) is 11.5 Å². The van der Waals surface area contributed by atoms with E-state index in [1.807, 2.05) is 42.5 Å². The van der Waals surface area contributed by atoms with Crippen molar-refractivity contribution in [3.8, 4) is 11.5 Å². The molecule has 2 aromatic rings. The summed E-state index contributed by atoms with van der Waals surface area (Å²) in [6.07, 6.45) is 0. The van der Waals surface area contributed by atoms with Crippen molar-refractivity contribution in [2.45, 2.75) is 39.5 Å². The summed E-state index contributed by atoms with van der Waals surface area (Å²) in [6.45, 7) is 7.63. The van der Waals surface area contributed by atoms with Gasteiger partial charge in [0, 0.05) is 22.7 Å². The van der Waals surface area contributed by atoms with Crippen molar-refractivity contribution in [3.05, 3.63) is 58.6 Å². The molecule has 0 radical (unpaired) electrons. The van der Waals surface area contributed by atoms with E-state index in [1.165, 1.54) is 0 Å². The zero-order valence-corrected chi connectivity index (χ0v) is 14.9. The average Bonchev–Trinajstić information content (AvgIpc) is 2.52. The fraction of sp³-hybridized carbons (Fsp3) is 0.368. The van der Waals surface area contributed by atoms with Gasteiger partial charge in [-0.25, -0.2) is 0 Å². The highest BCUT2D eigenvalue weighted by atomic mass is 35.5. The third kappa shape index (κ3) is 5.45. The molecular formula is C19H24ClNO2. The Hall–Kier alpha value is -1.71. The molecule has 0 heterocycles. The van der Waals surface area contributed by atoms with Gasteiger partial charge >= 0.3 is 0 Å². The van der Waals surface area contributed by atoms with Gasteiger partial charge in [-0.05, 0) is 44.5 Å².